The number of anilines is 1. The summed E-state index contributed by atoms with van der Waals surface area (Å²) < 4.78 is 18.4. The van der Waals surface area contributed by atoms with E-state index in [2.05, 4.69) is 0 Å². The molecule has 0 saturated carbocycles. The second-order valence-corrected chi connectivity index (χ2v) is 3.78. The SMILES string of the molecule is N#Cc1cccc(COc2cc(F)ccc2N)c1. The summed E-state index contributed by atoms with van der Waals surface area (Å²) in [6.07, 6.45) is 0. The van der Waals surface area contributed by atoms with Crippen LogP contribution in [0.25, 0.3) is 0 Å². The Morgan fingerprint density at radius 2 is 2.06 bits per heavy atom. The number of nitrogens with zero attached hydrogens (tertiary/aromatic N) is 1. The van der Waals surface area contributed by atoms with Crippen molar-refractivity contribution in [3.8, 4) is 11.8 Å². The Balaban J connectivity index is 2.11. The lowest BCUT2D eigenvalue weighted by atomic mass is 10.1. The molecule has 0 saturated heterocycles. The van der Waals surface area contributed by atoms with Gasteiger partial charge in [0.15, 0.2) is 0 Å². The highest BCUT2D eigenvalue weighted by Crippen LogP contribution is 2.23. The maximum Gasteiger partial charge on any atom is 0.145 e. The summed E-state index contributed by atoms with van der Waals surface area (Å²) in [4.78, 5) is 0. The van der Waals surface area contributed by atoms with E-state index in [-0.39, 0.29) is 6.61 Å². The zero-order valence-corrected chi connectivity index (χ0v) is 9.56. The number of hydrogen-bond acceptors (Lipinski definition) is 3. The Labute approximate surface area is 104 Å². The highest BCUT2D eigenvalue weighted by Gasteiger charge is 2.03. The zero-order valence-electron chi connectivity index (χ0n) is 9.56. The van der Waals surface area contributed by atoms with Crippen LogP contribution in [0.4, 0.5) is 10.1 Å². The number of hydrogen-bond donors (Lipinski definition) is 1. The van der Waals surface area contributed by atoms with Crippen molar-refractivity contribution in [3.63, 3.8) is 0 Å². The van der Waals surface area contributed by atoms with Crippen LogP contribution in [-0.4, -0.2) is 0 Å². The molecule has 0 radical (unpaired) electrons. The second kappa shape index (κ2) is 5.19. The van der Waals surface area contributed by atoms with Crippen LogP contribution in [0.1, 0.15) is 11.1 Å². The number of rotatable bonds is 3. The first-order valence-corrected chi connectivity index (χ1v) is 5.36. The van der Waals surface area contributed by atoms with Crippen molar-refractivity contribution < 1.29 is 9.13 Å². The van der Waals surface area contributed by atoms with Crippen molar-refractivity contribution in [1.82, 2.24) is 0 Å². The number of benzene rings is 2. The number of ether oxygens (including phenoxy) is 1. The molecule has 2 aromatic rings. The molecule has 0 spiro atoms. The molecule has 0 heterocycles. The quantitative estimate of drug-likeness (QED) is 0.842. The molecule has 0 aliphatic heterocycles. The maximum atomic E-state index is 13.0. The molecule has 0 amide bonds. The van der Waals surface area contributed by atoms with Crippen LogP contribution in [0.3, 0.4) is 0 Å². The van der Waals surface area contributed by atoms with Crippen molar-refractivity contribution >= 4 is 5.69 Å². The molecule has 0 atom stereocenters. The van der Waals surface area contributed by atoms with Gasteiger partial charge in [-0.2, -0.15) is 5.26 Å². The lowest BCUT2D eigenvalue weighted by molar-refractivity contribution is 0.306. The van der Waals surface area contributed by atoms with Gasteiger partial charge in [0, 0.05) is 6.07 Å². The first kappa shape index (κ1) is 11.9. The van der Waals surface area contributed by atoms with Gasteiger partial charge in [-0.05, 0) is 29.8 Å². The fourth-order valence-corrected chi connectivity index (χ4v) is 1.52. The van der Waals surface area contributed by atoms with Gasteiger partial charge in [-0.25, -0.2) is 4.39 Å². The molecule has 0 fully saturated rings. The van der Waals surface area contributed by atoms with Gasteiger partial charge in [0.1, 0.15) is 18.2 Å². The molecule has 2 N–H and O–H groups in total. The molecule has 2 aromatic carbocycles. The molecule has 2 rings (SSSR count). The summed E-state index contributed by atoms with van der Waals surface area (Å²) in [5.41, 5.74) is 7.44. The summed E-state index contributed by atoms with van der Waals surface area (Å²) in [6, 6.07) is 13.0. The third-order valence-electron chi connectivity index (χ3n) is 2.43. The molecule has 0 aliphatic rings. The minimum atomic E-state index is -0.398. The minimum Gasteiger partial charge on any atom is -0.487 e. The molecule has 3 nitrogen and oxygen atoms in total. The lowest BCUT2D eigenvalue weighted by Crippen LogP contribution is -1.99. The van der Waals surface area contributed by atoms with E-state index < -0.39 is 5.82 Å². The highest BCUT2D eigenvalue weighted by molar-refractivity contribution is 5.52. The molecule has 0 bridgehead atoms. The Kier molecular flexibility index (Phi) is 3.44. The van der Waals surface area contributed by atoms with E-state index >= 15 is 0 Å². The second-order valence-electron chi connectivity index (χ2n) is 3.78. The van der Waals surface area contributed by atoms with E-state index in [4.69, 9.17) is 15.7 Å². The van der Waals surface area contributed by atoms with Gasteiger partial charge < -0.3 is 10.5 Å². The Morgan fingerprint density at radius 3 is 2.83 bits per heavy atom. The van der Waals surface area contributed by atoms with Gasteiger partial charge in [0.2, 0.25) is 0 Å². The van der Waals surface area contributed by atoms with E-state index in [1.807, 2.05) is 12.1 Å². The molecule has 90 valence electrons. The van der Waals surface area contributed by atoms with E-state index in [0.29, 0.717) is 17.0 Å². The number of halogens is 1. The van der Waals surface area contributed by atoms with Crippen molar-refractivity contribution in [2.75, 3.05) is 5.73 Å². The van der Waals surface area contributed by atoms with Crippen LogP contribution < -0.4 is 10.5 Å². The lowest BCUT2D eigenvalue weighted by Gasteiger charge is -2.09. The van der Waals surface area contributed by atoms with Crippen LogP contribution in [0, 0.1) is 17.1 Å². The summed E-state index contributed by atoms with van der Waals surface area (Å²) in [5, 5.41) is 8.77. The van der Waals surface area contributed by atoms with E-state index in [1.165, 1.54) is 18.2 Å². The Morgan fingerprint density at radius 1 is 1.22 bits per heavy atom. The molecule has 18 heavy (non-hydrogen) atoms. The summed E-state index contributed by atoms with van der Waals surface area (Å²) in [5.74, 6) is -0.0951. The first-order chi connectivity index (χ1) is 8.69. The normalized spacial score (nSPS) is 9.78. The fourth-order valence-electron chi connectivity index (χ4n) is 1.52. The van der Waals surface area contributed by atoms with Gasteiger partial charge in [-0.3, -0.25) is 0 Å². The third-order valence-corrected chi connectivity index (χ3v) is 2.43. The van der Waals surface area contributed by atoms with Crippen molar-refractivity contribution in [2.45, 2.75) is 6.61 Å². The predicted octanol–water partition coefficient (Wildman–Crippen LogP) is 2.86. The van der Waals surface area contributed by atoms with Crippen LogP contribution in [-0.2, 0) is 6.61 Å². The smallest absolute Gasteiger partial charge is 0.145 e. The molecule has 0 aliphatic carbocycles. The Hall–Kier alpha value is -2.54. The van der Waals surface area contributed by atoms with E-state index in [9.17, 15) is 4.39 Å². The van der Waals surface area contributed by atoms with Gasteiger partial charge in [0.25, 0.3) is 0 Å². The molecular weight excluding hydrogens is 231 g/mol. The third kappa shape index (κ3) is 2.77. The average Bonchev–Trinajstić information content (AvgIpc) is 2.40. The monoisotopic (exact) mass is 242 g/mol. The average molecular weight is 242 g/mol. The molecule has 0 unspecified atom stereocenters. The number of nitriles is 1. The van der Waals surface area contributed by atoms with Gasteiger partial charge >= 0.3 is 0 Å². The van der Waals surface area contributed by atoms with Crippen molar-refractivity contribution in [1.29, 1.82) is 5.26 Å². The van der Waals surface area contributed by atoms with Crippen LogP contribution >= 0.6 is 0 Å². The van der Waals surface area contributed by atoms with Gasteiger partial charge in [0.05, 0.1) is 17.3 Å². The van der Waals surface area contributed by atoms with Gasteiger partial charge in [-0.15, -0.1) is 0 Å². The minimum absolute atomic E-state index is 0.239. The number of nitrogens with two attached hydrogens (primary N) is 1. The largest absolute Gasteiger partial charge is 0.487 e. The van der Waals surface area contributed by atoms with E-state index in [1.54, 1.807) is 18.2 Å². The topological polar surface area (TPSA) is 59.0 Å². The first-order valence-electron chi connectivity index (χ1n) is 5.36. The predicted molar refractivity (Wildman–Crippen MR) is 66.3 cm³/mol. The summed E-state index contributed by atoms with van der Waals surface area (Å²) >= 11 is 0. The fraction of sp³-hybridized carbons (Fsp3) is 0.0714. The van der Waals surface area contributed by atoms with Crippen molar-refractivity contribution in [3.05, 3.63) is 59.4 Å². The van der Waals surface area contributed by atoms with Gasteiger partial charge in [-0.1, -0.05) is 12.1 Å². The standard InChI is InChI=1S/C14H11FN2O/c15-12-4-5-13(17)14(7-12)18-9-11-3-1-2-10(6-11)8-16/h1-7H,9,17H2. The molecule has 0 aromatic heterocycles. The van der Waals surface area contributed by atoms with Crippen LogP contribution in [0.5, 0.6) is 5.75 Å². The van der Waals surface area contributed by atoms with Crippen molar-refractivity contribution in [2.24, 2.45) is 0 Å². The maximum absolute atomic E-state index is 13.0. The molecular formula is C14H11FN2O. The van der Waals surface area contributed by atoms with E-state index in [0.717, 1.165) is 5.56 Å². The summed E-state index contributed by atoms with van der Waals surface area (Å²) in [6.45, 7) is 0.239. The van der Waals surface area contributed by atoms with Crippen LogP contribution in [0.2, 0.25) is 0 Å². The molecule has 4 heteroatoms. The highest BCUT2D eigenvalue weighted by atomic mass is 19.1. The number of nitrogen functional groups attached to an aromatic ring is 1. The summed E-state index contributed by atoms with van der Waals surface area (Å²) in [7, 11) is 0. The zero-order chi connectivity index (χ0) is 13.0. The van der Waals surface area contributed by atoms with Crippen LogP contribution in [0.15, 0.2) is 42.5 Å². The Bertz CT molecular complexity index is 605.